The van der Waals surface area contributed by atoms with Crippen LogP contribution in [-0.2, 0) is 11.3 Å². The highest BCUT2D eigenvalue weighted by Crippen LogP contribution is 2.21. The fourth-order valence-corrected chi connectivity index (χ4v) is 2.65. The van der Waals surface area contributed by atoms with Gasteiger partial charge in [0.05, 0.1) is 12.6 Å². The average molecular weight is 326 g/mol. The standard InChI is InChI=1S/C19H22N2O3/c1-14-15(12-24-17-7-3-2-4-8-17)6-5-9-18(14)21-19(22)20-16-10-11-23-13-16/h2-9,16H,10-13H2,1H3,(H2,20,21,22)/t16-/m0/s1. The van der Waals surface area contributed by atoms with Crippen LogP contribution in [0.15, 0.2) is 48.5 Å². The van der Waals surface area contributed by atoms with E-state index in [0.29, 0.717) is 19.8 Å². The summed E-state index contributed by atoms with van der Waals surface area (Å²) in [6.45, 7) is 3.73. The molecule has 2 aromatic rings. The van der Waals surface area contributed by atoms with Crippen LogP contribution in [0.2, 0.25) is 0 Å². The fourth-order valence-electron chi connectivity index (χ4n) is 2.65. The molecule has 3 rings (SSSR count). The largest absolute Gasteiger partial charge is 0.489 e. The van der Waals surface area contributed by atoms with E-state index in [2.05, 4.69) is 10.6 Å². The monoisotopic (exact) mass is 326 g/mol. The van der Waals surface area contributed by atoms with Crippen molar-refractivity contribution in [3.05, 3.63) is 59.7 Å². The molecule has 1 aliphatic heterocycles. The van der Waals surface area contributed by atoms with Crippen LogP contribution in [0.5, 0.6) is 5.75 Å². The molecule has 1 saturated heterocycles. The van der Waals surface area contributed by atoms with Crippen LogP contribution >= 0.6 is 0 Å². The van der Waals surface area contributed by atoms with Crippen molar-refractivity contribution in [1.29, 1.82) is 0 Å². The molecule has 0 bridgehead atoms. The number of urea groups is 1. The summed E-state index contributed by atoms with van der Waals surface area (Å²) in [5, 5.41) is 5.84. The number of anilines is 1. The molecule has 0 unspecified atom stereocenters. The van der Waals surface area contributed by atoms with Crippen LogP contribution in [-0.4, -0.2) is 25.3 Å². The topological polar surface area (TPSA) is 59.6 Å². The van der Waals surface area contributed by atoms with Crippen molar-refractivity contribution in [1.82, 2.24) is 5.32 Å². The lowest BCUT2D eigenvalue weighted by Gasteiger charge is -2.15. The number of carbonyl (C=O) groups excluding carboxylic acids is 1. The maximum Gasteiger partial charge on any atom is 0.319 e. The van der Waals surface area contributed by atoms with E-state index in [9.17, 15) is 4.79 Å². The van der Waals surface area contributed by atoms with Crippen LogP contribution in [0, 0.1) is 6.92 Å². The van der Waals surface area contributed by atoms with E-state index in [1.807, 2.05) is 55.5 Å². The Balaban J connectivity index is 1.61. The number of hydrogen-bond acceptors (Lipinski definition) is 3. The van der Waals surface area contributed by atoms with Crippen LogP contribution in [0.3, 0.4) is 0 Å². The predicted octanol–water partition coefficient (Wildman–Crippen LogP) is 3.48. The van der Waals surface area contributed by atoms with Crippen molar-refractivity contribution >= 4 is 11.7 Å². The van der Waals surface area contributed by atoms with Crippen molar-refractivity contribution in [2.75, 3.05) is 18.5 Å². The number of rotatable bonds is 5. The van der Waals surface area contributed by atoms with Crippen LogP contribution in [0.1, 0.15) is 17.5 Å². The molecular weight excluding hydrogens is 304 g/mol. The average Bonchev–Trinajstić information content (AvgIpc) is 3.09. The van der Waals surface area contributed by atoms with Gasteiger partial charge in [0, 0.05) is 12.3 Å². The first kappa shape index (κ1) is 16.3. The molecule has 2 amide bonds. The summed E-state index contributed by atoms with van der Waals surface area (Å²) in [5.74, 6) is 0.828. The first-order valence-corrected chi connectivity index (χ1v) is 8.14. The van der Waals surface area contributed by atoms with Gasteiger partial charge in [-0.1, -0.05) is 30.3 Å². The highest BCUT2D eigenvalue weighted by molar-refractivity contribution is 5.90. The fraction of sp³-hybridized carbons (Fsp3) is 0.316. The van der Waals surface area contributed by atoms with E-state index < -0.39 is 0 Å². The van der Waals surface area contributed by atoms with E-state index in [1.54, 1.807) is 0 Å². The second kappa shape index (κ2) is 7.84. The Kier molecular flexibility index (Phi) is 5.33. The van der Waals surface area contributed by atoms with Crippen LogP contribution in [0.4, 0.5) is 10.5 Å². The molecule has 0 aromatic heterocycles. The Morgan fingerprint density at radius 1 is 1.21 bits per heavy atom. The Morgan fingerprint density at radius 2 is 2.04 bits per heavy atom. The number of benzene rings is 2. The summed E-state index contributed by atoms with van der Waals surface area (Å²) in [7, 11) is 0. The summed E-state index contributed by atoms with van der Waals surface area (Å²) in [5.41, 5.74) is 2.84. The van der Waals surface area contributed by atoms with Crippen molar-refractivity contribution in [2.45, 2.75) is 26.0 Å². The number of nitrogens with one attached hydrogen (secondary N) is 2. The Hall–Kier alpha value is -2.53. The quantitative estimate of drug-likeness (QED) is 0.884. The van der Waals surface area contributed by atoms with E-state index in [1.165, 1.54) is 0 Å². The zero-order chi connectivity index (χ0) is 16.8. The van der Waals surface area contributed by atoms with Gasteiger partial charge in [0.15, 0.2) is 0 Å². The van der Waals surface area contributed by atoms with E-state index in [-0.39, 0.29) is 12.1 Å². The molecule has 2 aromatic carbocycles. The molecule has 1 atom stereocenters. The summed E-state index contributed by atoms with van der Waals surface area (Å²) in [6, 6.07) is 15.4. The lowest BCUT2D eigenvalue weighted by molar-refractivity contribution is 0.189. The minimum Gasteiger partial charge on any atom is -0.489 e. The van der Waals surface area contributed by atoms with Crippen molar-refractivity contribution in [3.8, 4) is 5.75 Å². The zero-order valence-corrected chi connectivity index (χ0v) is 13.7. The molecule has 0 spiro atoms. The molecule has 1 fully saturated rings. The van der Waals surface area contributed by atoms with Gasteiger partial charge in [0.2, 0.25) is 0 Å². The maximum absolute atomic E-state index is 12.1. The number of ether oxygens (including phenoxy) is 2. The van der Waals surface area contributed by atoms with Gasteiger partial charge >= 0.3 is 6.03 Å². The lowest BCUT2D eigenvalue weighted by atomic mass is 10.1. The molecule has 126 valence electrons. The van der Waals surface area contributed by atoms with Gasteiger partial charge in [-0.25, -0.2) is 4.79 Å². The van der Waals surface area contributed by atoms with Gasteiger partial charge in [0.25, 0.3) is 0 Å². The first-order valence-electron chi connectivity index (χ1n) is 8.14. The van der Waals surface area contributed by atoms with Crippen molar-refractivity contribution in [2.24, 2.45) is 0 Å². The molecular formula is C19H22N2O3. The normalized spacial score (nSPS) is 16.6. The summed E-state index contributed by atoms with van der Waals surface area (Å²) < 4.78 is 11.1. The molecule has 1 aliphatic rings. The third-order valence-corrected chi connectivity index (χ3v) is 4.10. The molecule has 5 nitrogen and oxygen atoms in total. The summed E-state index contributed by atoms with van der Waals surface area (Å²) >= 11 is 0. The van der Waals surface area contributed by atoms with E-state index >= 15 is 0 Å². The van der Waals surface area contributed by atoms with Gasteiger partial charge in [0.1, 0.15) is 12.4 Å². The molecule has 0 aliphatic carbocycles. The highest BCUT2D eigenvalue weighted by atomic mass is 16.5. The SMILES string of the molecule is Cc1c(COc2ccccc2)cccc1NC(=O)N[C@H]1CCOC1. The number of amides is 2. The smallest absolute Gasteiger partial charge is 0.319 e. The van der Waals surface area contributed by atoms with Gasteiger partial charge in [-0.2, -0.15) is 0 Å². The van der Waals surface area contributed by atoms with E-state index in [0.717, 1.165) is 29.0 Å². The van der Waals surface area contributed by atoms with Crippen molar-refractivity contribution < 1.29 is 14.3 Å². The predicted molar refractivity (Wildman–Crippen MR) is 93.3 cm³/mol. The Labute approximate surface area is 142 Å². The third kappa shape index (κ3) is 4.26. The second-order valence-electron chi connectivity index (χ2n) is 5.85. The minimum absolute atomic E-state index is 0.0925. The molecule has 2 N–H and O–H groups in total. The maximum atomic E-state index is 12.1. The van der Waals surface area contributed by atoms with Crippen LogP contribution in [0.25, 0.3) is 0 Å². The second-order valence-corrected chi connectivity index (χ2v) is 5.85. The summed E-state index contributed by atoms with van der Waals surface area (Å²) in [4.78, 5) is 12.1. The van der Waals surface area contributed by atoms with E-state index in [4.69, 9.17) is 9.47 Å². The van der Waals surface area contributed by atoms with Gasteiger partial charge in [-0.3, -0.25) is 0 Å². The Morgan fingerprint density at radius 3 is 2.79 bits per heavy atom. The van der Waals surface area contributed by atoms with Gasteiger partial charge in [-0.15, -0.1) is 0 Å². The molecule has 0 saturated carbocycles. The van der Waals surface area contributed by atoms with Gasteiger partial charge in [-0.05, 0) is 42.7 Å². The number of para-hydroxylation sites is 1. The molecule has 1 heterocycles. The number of carbonyl (C=O) groups is 1. The summed E-state index contributed by atoms with van der Waals surface area (Å²) in [6.07, 6.45) is 0.858. The van der Waals surface area contributed by atoms with Gasteiger partial charge < -0.3 is 20.1 Å². The Bertz CT molecular complexity index is 682. The minimum atomic E-state index is -0.199. The highest BCUT2D eigenvalue weighted by Gasteiger charge is 2.18. The third-order valence-electron chi connectivity index (χ3n) is 4.10. The molecule has 0 radical (unpaired) electrons. The first-order chi connectivity index (χ1) is 11.7. The molecule has 24 heavy (non-hydrogen) atoms. The lowest BCUT2D eigenvalue weighted by Crippen LogP contribution is -2.38. The van der Waals surface area contributed by atoms with Crippen molar-refractivity contribution in [3.63, 3.8) is 0 Å². The van der Waals surface area contributed by atoms with Crippen LogP contribution < -0.4 is 15.4 Å². The zero-order valence-electron chi connectivity index (χ0n) is 13.7. The number of hydrogen-bond donors (Lipinski definition) is 2. The molecule has 5 heteroatoms.